The Bertz CT molecular complexity index is 365. The zero-order valence-corrected chi connectivity index (χ0v) is 10.6. The van der Waals surface area contributed by atoms with E-state index in [0.717, 1.165) is 32.4 Å². The quantitative estimate of drug-likeness (QED) is 0.792. The van der Waals surface area contributed by atoms with Crippen LogP contribution in [0.1, 0.15) is 39.5 Å². The molecule has 0 radical (unpaired) electrons. The van der Waals surface area contributed by atoms with Crippen molar-refractivity contribution in [1.29, 1.82) is 0 Å². The number of likely N-dealkylation sites (tertiary alicyclic amines) is 1. The second kappa shape index (κ2) is 3.24. The summed E-state index contributed by atoms with van der Waals surface area (Å²) in [6.45, 7) is 5.89. The van der Waals surface area contributed by atoms with Gasteiger partial charge in [-0.05, 0) is 25.2 Å². The third kappa shape index (κ3) is 1.42. The van der Waals surface area contributed by atoms with Crippen molar-refractivity contribution >= 4 is 11.8 Å². The number of carbonyl (C=O) groups is 2. The molecule has 2 amide bonds. The first-order valence-electron chi connectivity index (χ1n) is 6.59. The van der Waals surface area contributed by atoms with Crippen molar-refractivity contribution in [3.63, 3.8) is 0 Å². The van der Waals surface area contributed by atoms with Crippen LogP contribution in [-0.4, -0.2) is 35.3 Å². The maximum atomic E-state index is 12.2. The number of nitrogens with one attached hydrogen (secondary N) is 1. The predicted octanol–water partition coefficient (Wildman–Crippen LogP) is 0.914. The van der Waals surface area contributed by atoms with Gasteiger partial charge in [0.15, 0.2) is 0 Å². The number of rotatable bonds is 3. The predicted molar refractivity (Wildman–Crippen MR) is 63.2 cm³/mol. The Balaban J connectivity index is 1.54. The summed E-state index contributed by atoms with van der Waals surface area (Å²) in [6, 6.07) is 0. The lowest BCUT2D eigenvalue weighted by Gasteiger charge is -2.70. The van der Waals surface area contributed by atoms with Crippen molar-refractivity contribution in [2.24, 2.45) is 11.3 Å². The maximum Gasteiger partial charge on any atom is 0.229 e. The van der Waals surface area contributed by atoms with E-state index in [1.165, 1.54) is 0 Å². The van der Waals surface area contributed by atoms with E-state index in [1.54, 1.807) is 0 Å². The summed E-state index contributed by atoms with van der Waals surface area (Å²) in [5.41, 5.74) is -0.111. The van der Waals surface area contributed by atoms with Crippen LogP contribution in [0.2, 0.25) is 0 Å². The lowest BCUT2D eigenvalue weighted by atomic mass is 9.38. The molecule has 2 bridgehead atoms. The topological polar surface area (TPSA) is 49.4 Å². The Hall–Kier alpha value is -1.06. The Morgan fingerprint density at radius 1 is 1.29 bits per heavy atom. The van der Waals surface area contributed by atoms with Gasteiger partial charge in [0.25, 0.3) is 0 Å². The lowest BCUT2D eigenvalue weighted by Crippen LogP contribution is -2.79. The zero-order chi connectivity index (χ0) is 12.3. The van der Waals surface area contributed by atoms with E-state index < -0.39 is 0 Å². The molecule has 0 atom stereocenters. The molecule has 4 heteroatoms. The molecule has 3 aliphatic carbocycles. The molecule has 4 aliphatic rings. The molecular weight excluding hydrogens is 216 g/mol. The lowest BCUT2D eigenvalue weighted by molar-refractivity contribution is -0.198. The molecule has 4 nitrogen and oxygen atoms in total. The van der Waals surface area contributed by atoms with E-state index in [-0.39, 0.29) is 16.9 Å². The van der Waals surface area contributed by atoms with E-state index in [2.05, 4.69) is 12.2 Å². The molecule has 1 saturated heterocycles. The van der Waals surface area contributed by atoms with Gasteiger partial charge >= 0.3 is 0 Å². The monoisotopic (exact) mass is 236 g/mol. The van der Waals surface area contributed by atoms with Crippen molar-refractivity contribution < 1.29 is 9.59 Å². The largest absolute Gasteiger partial charge is 0.351 e. The molecule has 0 aromatic heterocycles. The summed E-state index contributed by atoms with van der Waals surface area (Å²) in [5, 5.41) is 3.06. The van der Waals surface area contributed by atoms with Crippen LogP contribution in [0.15, 0.2) is 0 Å². The van der Waals surface area contributed by atoms with Gasteiger partial charge in [-0.1, -0.05) is 13.8 Å². The summed E-state index contributed by atoms with van der Waals surface area (Å²) in [7, 11) is 0. The molecule has 3 saturated carbocycles. The van der Waals surface area contributed by atoms with Crippen molar-refractivity contribution in [2.75, 3.05) is 13.1 Å². The SMILES string of the molecule is CCC(=O)NC12CC(C(=O)N3CC(C)C3)(C1)C2. The third-order valence-corrected chi connectivity index (χ3v) is 4.56. The van der Waals surface area contributed by atoms with Gasteiger partial charge in [0.05, 0.1) is 5.41 Å². The van der Waals surface area contributed by atoms with Gasteiger partial charge in [0.2, 0.25) is 11.8 Å². The van der Waals surface area contributed by atoms with Crippen LogP contribution in [0.4, 0.5) is 0 Å². The van der Waals surface area contributed by atoms with E-state index in [0.29, 0.717) is 18.2 Å². The number of nitrogens with zero attached hydrogens (tertiary/aromatic N) is 1. The molecule has 4 fully saturated rings. The molecule has 17 heavy (non-hydrogen) atoms. The molecule has 1 heterocycles. The number of carbonyl (C=O) groups excluding carboxylic acids is 2. The second-order valence-electron chi connectivity index (χ2n) is 6.31. The Labute approximate surface area is 102 Å². The normalized spacial score (nSPS) is 38.8. The van der Waals surface area contributed by atoms with Gasteiger partial charge in [0, 0.05) is 25.0 Å². The summed E-state index contributed by atoms with van der Waals surface area (Å²) in [5.74, 6) is 1.12. The summed E-state index contributed by atoms with van der Waals surface area (Å²) in [4.78, 5) is 25.6. The summed E-state index contributed by atoms with van der Waals surface area (Å²) in [6.07, 6.45) is 3.15. The maximum absolute atomic E-state index is 12.2. The standard InChI is InChI=1S/C13H20N2O2/c1-3-10(16)14-13-6-12(7-13,8-13)11(17)15-4-9(2)5-15/h9H,3-8H2,1-2H3,(H,14,16). The van der Waals surface area contributed by atoms with Crippen LogP contribution in [0.5, 0.6) is 0 Å². The fourth-order valence-electron chi connectivity index (χ4n) is 3.73. The van der Waals surface area contributed by atoms with Gasteiger partial charge < -0.3 is 10.2 Å². The van der Waals surface area contributed by atoms with Crippen molar-refractivity contribution in [1.82, 2.24) is 10.2 Å². The van der Waals surface area contributed by atoms with Crippen LogP contribution in [0, 0.1) is 11.3 Å². The minimum atomic E-state index is -0.0961. The highest BCUT2D eigenvalue weighted by atomic mass is 16.2. The van der Waals surface area contributed by atoms with Gasteiger partial charge in [-0.3, -0.25) is 9.59 Å². The zero-order valence-electron chi connectivity index (χ0n) is 10.6. The molecular formula is C13H20N2O2. The van der Waals surface area contributed by atoms with Crippen LogP contribution in [0.25, 0.3) is 0 Å². The number of hydrogen-bond acceptors (Lipinski definition) is 2. The summed E-state index contributed by atoms with van der Waals surface area (Å²) < 4.78 is 0. The first-order chi connectivity index (χ1) is 7.99. The highest BCUT2D eigenvalue weighted by Gasteiger charge is 2.72. The molecule has 94 valence electrons. The molecule has 1 N–H and O–H groups in total. The molecule has 1 aliphatic heterocycles. The Kier molecular flexibility index (Phi) is 2.11. The van der Waals surface area contributed by atoms with Gasteiger partial charge in [-0.2, -0.15) is 0 Å². The Morgan fingerprint density at radius 3 is 2.35 bits per heavy atom. The van der Waals surface area contributed by atoms with Crippen LogP contribution in [0.3, 0.4) is 0 Å². The third-order valence-electron chi connectivity index (χ3n) is 4.56. The molecule has 0 aromatic carbocycles. The van der Waals surface area contributed by atoms with Crippen LogP contribution < -0.4 is 5.32 Å². The summed E-state index contributed by atoms with van der Waals surface area (Å²) >= 11 is 0. The average molecular weight is 236 g/mol. The van der Waals surface area contributed by atoms with Crippen molar-refractivity contribution in [3.8, 4) is 0 Å². The number of amides is 2. The molecule has 4 rings (SSSR count). The first-order valence-corrected chi connectivity index (χ1v) is 6.59. The molecule has 0 aromatic rings. The van der Waals surface area contributed by atoms with Gasteiger partial charge in [0.1, 0.15) is 0 Å². The van der Waals surface area contributed by atoms with Crippen molar-refractivity contribution in [3.05, 3.63) is 0 Å². The van der Waals surface area contributed by atoms with Gasteiger partial charge in [-0.25, -0.2) is 0 Å². The fourth-order valence-corrected chi connectivity index (χ4v) is 3.73. The number of hydrogen-bond donors (Lipinski definition) is 1. The highest BCUT2D eigenvalue weighted by Crippen LogP contribution is 2.68. The smallest absolute Gasteiger partial charge is 0.229 e. The Morgan fingerprint density at radius 2 is 1.88 bits per heavy atom. The molecule has 0 unspecified atom stereocenters. The molecule has 0 spiro atoms. The average Bonchev–Trinajstić information content (AvgIpc) is 2.15. The van der Waals surface area contributed by atoms with E-state index in [4.69, 9.17) is 0 Å². The fraction of sp³-hybridized carbons (Fsp3) is 0.846. The van der Waals surface area contributed by atoms with Crippen molar-refractivity contribution in [2.45, 2.75) is 45.1 Å². The minimum Gasteiger partial charge on any atom is -0.351 e. The van der Waals surface area contributed by atoms with Crippen LogP contribution in [-0.2, 0) is 9.59 Å². The minimum absolute atomic E-state index is 0.0146. The highest BCUT2D eigenvalue weighted by molar-refractivity contribution is 5.89. The van der Waals surface area contributed by atoms with E-state index >= 15 is 0 Å². The van der Waals surface area contributed by atoms with Gasteiger partial charge in [-0.15, -0.1) is 0 Å². The van der Waals surface area contributed by atoms with E-state index in [9.17, 15) is 9.59 Å². The van der Waals surface area contributed by atoms with Crippen LogP contribution >= 0.6 is 0 Å². The second-order valence-corrected chi connectivity index (χ2v) is 6.31. The first kappa shape index (κ1) is 11.1. The van der Waals surface area contributed by atoms with E-state index in [1.807, 2.05) is 11.8 Å².